The number of aromatic nitrogens is 3. The van der Waals surface area contributed by atoms with E-state index in [0.717, 1.165) is 62.2 Å². The van der Waals surface area contributed by atoms with E-state index in [1.807, 2.05) is 19.1 Å². The fourth-order valence-corrected chi connectivity index (χ4v) is 4.04. The second kappa shape index (κ2) is 7.28. The van der Waals surface area contributed by atoms with E-state index < -0.39 is 0 Å². The molecule has 2 aliphatic rings. The zero-order valence-electron chi connectivity index (χ0n) is 15.2. The molecule has 2 saturated heterocycles. The van der Waals surface area contributed by atoms with Gasteiger partial charge in [-0.25, -0.2) is 15.0 Å². The van der Waals surface area contributed by atoms with Gasteiger partial charge in [-0.3, -0.25) is 0 Å². The third-order valence-electron chi connectivity index (χ3n) is 5.32. The molecule has 2 aromatic rings. The Balaban J connectivity index is 1.59. The van der Waals surface area contributed by atoms with Gasteiger partial charge in [0, 0.05) is 44.4 Å². The summed E-state index contributed by atoms with van der Waals surface area (Å²) in [6, 6.07) is 8.10. The number of nitrogens with zero attached hydrogens (tertiary/aromatic N) is 6. The van der Waals surface area contributed by atoms with Crippen molar-refractivity contribution < 1.29 is 0 Å². The highest BCUT2D eigenvalue weighted by Gasteiger charge is 2.26. The summed E-state index contributed by atoms with van der Waals surface area (Å²) in [7, 11) is 0. The van der Waals surface area contributed by atoms with Gasteiger partial charge in [-0.1, -0.05) is 0 Å². The lowest BCUT2D eigenvalue weighted by atomic mass is 9.94. The molecule has 2 fully saturated rings. The predicted molar refractivity (Wildman–Crippen MR) is 101 cm³/mol. The highest BCUT2D eigenvalue weighted by atomic mass is 15.2. The first-order valence-corrected chi connectivity index (χ1v) is 9.45. The first-order chi connectivity index (χ1) is 12.7. The number of nitriles is 1. The van der Waals surface area contributed by atoms with Crippen LogP contribution in [0.4, 0.5) is 11.6 Å². The average Bonchev–Trinajstić information content (AvgIpc) is 3.22. The van der Waals surface area contributed by atoms with Crippen molar-refractivity contribution in [3.63, 3.8) is 0 Å². The van der Waals surface area contributed by atoms with Gasteiger partial charge in [0.15, 0.2) is 0 Å². The molecule has 0 amide bonds. The van der Waals surface area contributed by atoms with Crippen molar-refractivity contribution in [1.82, 2.24) is 15.0 Å². The molecule has 0 spiro atoms. The lowest BCUT2D eigenvalue weighted by molar-refractivity contribution is 0.497. The Morgan fingerprint density at radius 1 is 1.12 bits per heavy atom. The molecule has 2 aromatic heterocycles. The van der Waals surface area contributed by atoms with Gasteiger partial charge in [-0.2, -0.15) is 5.26 Å². The van der Waals surface area contributed by atoms with Crippen LogP contribution in [0, 0.1) is 18.3 Å². The number of rotatable bonds is 3. The quantitative estimate of drug-likeness (QED) is 0.849. The molecule has 1 atom stereocenters. The van der Waals surface area contributed by atoms with Crippen molar-refractivity contribution in [3.05, 3.63) is 41.5 Å². The van der Waals surface area contributed by atoms with Gasteiger partial charge in [0.25, 0.3) is 0 Å². The Morgan fingerprint density at radius 3 is 2.73 bits per heavy atom. The zero-order valence-corrected chi connectivity index (χ0v) is 15.2. The summed E-state index contributed by atoms with van der Waals surface area (Å²) in [5.41, 5.74) is 1.77. The third-order valence-corrected chi connectivity index (χ3v) is 5.32. The number of hydrogen-bond acceptors (Lipinski definition) is 6. The monoisotopic (exact) mass is 348 g/mol. The van der Waals surface area contributed by atoms with E-state index in [1.165, 1.54) is 12.8 Å². The summed E-state index contributed by atoms with van der Waals surface area (Å²) in [6.45, 7) is 5.95. The molecule has 0 aromatic carbocycles. The van der Waals surface area contributed by atoms with Gasteiger partial charge in [-0.15, -0.1) is 0 Å². The van der Waals surface area contributed by atoms with Crippen LogP contribution in [0.25, 0.3) is 0 Å². The fourth-order valence-electron chi connectivity index (χ4n) is 4.04. The molecule has 2 aliphatic heterocycles. The van der Waals surface area contributed by atoms with Crippen LogP contribution in [-0.4, -0.2) is 41.1 Å². The number of pyridine rings is 1. The smallest absolute Gasteiger partial charge is 0.146 e. The minimum atomic E-state index is 0.348. The molecule has 0 saturated carbocycles. The van der Waals surface area contributed by atoms with Crippen molar-refractivity contribution in [1.29, 1.82) is 5.26 Å². The van der Waals surface area contributed by atoms with Crippen LogP contribution in [-0.2, 0) is 0 Å². The molecule has 6 heteroatoms. The van der Waals surface area contributed by atoms with E-state index in [9.17, 15) is 5.26 Å². The Morgan fingerprint density at radius 2 is 1.92 bits per heavy atom. The first-order valence-electron chi connectivity index (χ1n) is 9.45. The summed E-state index contributed by atoms with van der Waals surface area (Å²) in [6.07, 6.45) is 6.44. The maximum absolute atomic E-state index is 9.38. The molecule has 6 nitrogen and oxygen atoms in total. The van der Waals surface area contributed by atoms with E-state index in [1.54, 1.807) is 6.20 Å². The van der Waals surface area contributed by atoms with Gasteiger partial charge in [-0.05, 0) is 44.7 Å². The van der Waals surface area contributed by atoms with Crippen molar-refractivity contribution >= 4 is 11.6 Å². The molecular weight excluding hydrogens is 324 g/mol. The van der Waals surface area contributed by atoms with Crippen LogP contribution in [0.2, 0.25) is 0 Å². The molecule has 4 rings (SSSR count). The molecule has 134 valence electrons. The number of anilines is 2. The van der Waals surface area contributed by atoms with Crippen LogP contribution >= 0.6 is 0 Å². The largest absolute Gasteiger partial charge is 0.357 e. The Labute approximate surface area is 154 Å². The second-order valence-corrected chi connectivity index (χ2v) is 7.16. The lowest BCUT2D eigenvalue weighted by Crippen LogP contribution is -2.36. The highest BCUT2D eigenvalue weighted by Crippen LogP contribution is 2.31. The molecule has 4 heterocycles. The van der Waals surface area contributed by atoms with E-state index in [-0.39, 0.29) is 0 Å². The minimum Gasteiger partial charge on any atom is -0.357 e. The van der Waals surface area contributed by atoms with Gasteiger partial charge < -0.3 is 9.80 Å². The first kappa shape index (κ1) is 16.8. The second-order valence-electron chi connectivity index (χ2n) is 7.16. The maximum Gasteiger partial charge on any atom is 0.146 e. The van der Waals surface area contributed by atoms with Crippen LogP contribution in [0.15, 0.2) is 24.4 Å². The molecule has 0 aliphatic carbocycles. The van der Waals surface area contributed by atoms with E-state index in [0.29, 0.717) is 11.5 Å². The van der Waals surface area contributed by atoms with E-state index in [4.69, 9.17) is 4.98 Å². The molecule has 0 radical (unpaired) electrons. The van der Waals surface area contributed by atoms with E-state index in [2.05, 4.69) is 31.9 Å². The number of piperidine rings is 1. The highest BCUT2D eigenvalue weighted by molar-refractivity contribution is 5.54. The molecule has 0 N–H and O–H groups in total. The topological polar surface area (TPSA) is 68.9 Å². The maximum atomic E-state index is 9.38. The molecular formula is C20H24N6. The summed E-state index contributed by atoms with van der Waals surface area (Å²) < 4.78 is 0. The van der Waals surface area contributed by atoms with Gasteiger partial charge in [0.05, 0.1) is 11.3 Å². The van der Waals surface area contributed by atoms with Crippen LogP contribution in [0.1, 0.15) is 48.7 Å². The average molecular weight is 348 g/mol. The summed E-state index contributed by atoms with van der Waals surface area (Å²) in [5.74, 6) is 3.06. The van der Waals surface area contributed by atoms with Crippen molar-refractivity contribution in [3.8, 4) is 6.07 Å². The van der Waals surface area contributed by atoms with Gasteiger partial charge >= 0.3 is 0 Å². The molecule has 0 bridgehead atoms. The summed E-state index contributed by atoms with van der Waals surface area (Å²) in [4.78, 5) is 18.5. The fraction of sp³-hybridized carbons (Fsp3) is 0.500. The van der Waals surface area contributed by atoms with Gasteiger partial charge in [0.2, 0.25) is 0 Å². The Bertz CT molecular complexity index is 821. The number of aryl methyl sites for hydroxylation is 1. The zero-order chi connectivity index (χ0) is 17.9. The normalized spacial score (nSPS) is 20.2. The van der Waals surface area contributed by atoms with Crippen molar-refractivity contribution in [2.45, 2.75) is 38.5 Å². The summed E-state index contributed by atoms with van der Waals surface area (Å²) in [5, 5.41) is 9.38. The van der Waals surface area contributed by atoms with Gasteiger partial charge in [0.1, 0.15) is 23.5 Å². The SMILES string of the molecule is Cc1nc([C@H]2CCCN(c3ncccc3C#N)C2)cc(N2CCCC2)n1. The summed E-state index contributed by atoms with van der Waals surface area (Å²) >= 11 is 0. The van der Waals surface area contributed by atoms with Crippen LogP contribution in [0.3, 0.4) is 0 Å². The van der Waals surface area contributed by atoms with Crippen molar-refractivity contribution in [2.75, 3.05) is 36.0 Å². The van der Waals surface area contributed by atoms with E-state index >= 15 is 0 Å². The minimum absolute atomic E-state index is 0.348. The molecule has 0 unspecified atom stereocenters. The lowest BCUT2D eigenvalue weighted by Gasteiger charge is -2.34. The third kappa shape index (κ3) is 3.34. The standard InChI is InChI=1S/C20H24N6/c1-15-23-18(12-19(24-15)25-9-2-3-10-25)17-7-5-11-26(14-17)20-16(13-21)6-4-8-22-20/h4,6,8,12,17H,2-3,5,7,9-11,14H2,1H3/t17-/m0/s1. The Kier molecular flexibility index (Phi) is 4.70. The van der Waals surface area contributed by atoms with Crippen LogP contribution in [0.5, 0.6) is 0 Å². The predicted octanol–water partition coefficient (Wildman–Crippen LogP) is 3.04. The number of hydrogen-bond donors (Lipinski definition) is 0. The van der Waals surface area contributed by atoms with Crippen molar-refractivity contribution in [2.24, 2.45) is 0 Å². The molecule has 26 heavy (non-hydrogen) atoms. The Hall–Kier alpha value is -2.68. The van der Waals surface area contributed by atoms with Crippen LogP contribution < -0.4 is 9.80 Å².